The van der Waals surface area contributed by atoms with Crippen LogP contribution in [0.1, 0.15) is 15.9 Å². The van der Waals surface area contributed by atoms with Crippen LogP contribution in [0.15, 0.2) is 40.9 Å². The third-order valence-corrected chi connectivity index (χ3v) is 3.66. The van der Waals surface area contributed by atoms with Gasteiger partial charge in [-0.25, -0.2) is 0 Å². The SMILES string of the molecule is Cc1ccc(NC(=O)c2cccc(Cl)c2N)c(Br)c1. The summed E-state index contributed by atoms with van der Waals surface area (Å²) in [6.45, 7) is 1.98. The number of hydrogen-bond donors (Lipinski definition) is 2. The Morgan fingerprint density at radius 2 is 2.05 bits per heavy atom. The Balaban J connectivity index is 2.28. The molecule has 3 nitrogen and oxygen atoms in total. The number of carbonyl (C=O) groups is 1. The van der Waals surface area contributed by atoms with Crippen LogP contribution in [0.4, 0.5) is 11.4 Å². The van der Waals surface area contributed by atoms with Gasteiger partial charge in [0.05, 0.1) is 22.0 Å². The molecule has 0 heterocycles. The van der Waals surface area contributed by atoms with Crippen LogP contribution >= 0.6 is 27.5 Å². The number of hydrogen-bond acceptors (Lipinski definition) is 2. The van der Waals surface area contributed by atoms with Crippen molar-refractivity contribution >= 4 is 44.8 Å². The number of amides is 1. The first-order chi connectivity index (χ1) is 8.99. The minimum atomic E-state index is -0.287. The molecule has 2 aromatic rings. The number of nitrogens with one attached hydrogen (secondary N) is 1. The van der Waals surface area contributed by atoms with E-state index < -0.39 is 0 Å². The Morgan fingerprint density at radius 3 is 2.74 bits per heavy atom. The minimum Gasteiger partial charge on any atom is -0.397 e. The lowest BCUT2D eigenvalue weighted by Gasteiger charge is -2.10. The maximum absolute atomic E-state index is 12.2. The number of aryl methyl sites for hydroxylation is 1. The molecule has 0 bridgehead atoms. The fourth-order valence-electron chi connectivity index (χ4n) is 1.65. The number of rotatable bonds is 2. The molecule has 2 aromatic carbocycles. The van der Waals surface area contributed by atoms with Crippen molar-refractivity contribution in [3.05, 3.63) is 57.0 Å². The quantitative estimate of drug-likeness (QED) is 0.804. The van der Waals surface area contributed by atoms with Crippen LogP contribution in [-0.4, -0.2) is 5.91 Å². The van der Waals surface area contributed by atoms with Crippen molar-refractivity contribution in [2.75, 3.05) is 11.1 Å². The molecule has 0 radical (unpaired) electrons. The van der Waals surface area contributed by atoms with Gasteiger partial charge in [-0.05, 0) is 52.7 Å². The summed E-state index contributed by atoms with van der Waals surface area (Å²) >= 11 is 9.31. The number of para-hydroxylation sites is 1. The Hall–Kier alpha value is -1.52. The molecule has 98 valence electrons. The molecule has 0 aromatic heterocycles. The van der Waals surface area contributed by atoms with E-state index in [9.17, 15) is 4.79 Å². The molecule has 0 spiro atoms. The van der Waals surface area contributed by atoms with E-state index >= 15 is 0 Å². The molecule has 19 heavy (non-hydrogen) atoms. The van der Waals surface area contributed by atoms with E-state index in [1.807, 2.05) is 25.1 Å². The molecule has 0 saturated heterocycles. The molecule has 0 aliphatic rings. The largest absolute Gasteiger partial charge is 0.397 e. The van der Waals surface area contributed by atoms with Crippen molar-refractivity contribution in [2.24, 2.45) is 0 Å². The van der Waals surface area contributed by atoms with Gasteiger partial charge >= 0.3 is 0 Å². The summed E-state index contributed by atoms with van der Waals surface area (Å²) in [6, 6.07) is 10.7. The zero-order valence-electron chi connectivity index (χ0n) is 10.2. The van der Waals surface area contributed by atoms with Crippen molar-refractivity contribution < 1.29 is 4.79 Å². The monoisotopic (exact) mass is 338 g/mol. The van der Waals surface area contributed by atoms with Crippen LogP contribution in [0.5, 0.6) is 0 Å². The van der Waals surface area contributed by atoms with Crippen LogP contribution in [0.3, 0.4) is 0 Å². The van der Waals surface area contributed by atoms with Crippen molar-refractivity contribution in [3.8, 4) is 0 Å². The van der Waals surface area contributed by atoms with Gasteiger partial charge in [-0.1, -0.05) is 23.7 Å². The Kier molecular flexibility index (Phi) is 4.12. The third kappa shape index (κ3) is 3.08. The number of benzene rings is 2. The number of halogens is 2. The summed E-state index contributed by atoms with van der Waals surface area (Å²) in [4.78, 5) is 12.2. The van der Waals surface area contributed by atoms with E-state index in [1.165, 1.54) is 0 Å². The van der Waals surface area contributed by atoms with Crippen molar-refractivity contribution in [2.45, 2.75) is 6.92 Å². The zero-order chi connectivity index (χ0) is 14.0. The first-order valence-electron chi connectivity index (χ1n) is 5.60. The highest BCUT2D eigenvalue weighted by Crippen LogP contribution is 2.26. The number of nitrogen functional groups attached to an aromatic ring is 1. The van der Waals surface area contributed by atoms with Gasteiger partial charge in [0.25, 0.3) is 5.91 Å². The van der Waals surface area contributed by atoms with E-state index in [1.54, 1.807) is 18.2 Å². The lowest BCUT2D eigenvalue weighted by molar-refractivity contribution is 0.102. The molecule has 0 atom stereocenters. The van der Waals surface area contributed by atoms with Gasteiger partial charge in [-0.15, -0.1) is 0 Å². The summed E-state index contributed by atoms with van der Waals surface area (Å²) in [5, 5.41) is 3.17. The molecule has 0 saturated carbocycles. The van der Waals surface area contributed by atoms with Crippen LogP contribution < -0.4 is 11.1 Å². The van der Waals surface area contributed by atoms with E-state index in [0.717, 1.165) is 10.0 Å². The van der Waals surface area contributed by atoms with Crippen molar-refractivity contribution in [1.29, 1.82) is 0 Å². The molecule has 0 unspecified atom stereocenters. The second-order valence-corrected chi connectivity index (χ2v) is 5.40. The Morgan fingerprint density at radius 1 is 1.32 bits per heavy atom. The number of carbonyl (C=O) groups excluding carboxylic acids is 1. The van der Waals surface area contributed by atoms with Gasteiger partial charge in [0, 0.05) is 4.47 Å². The Bertz CT molecular complexity index is 643. The average Bonchev–Trinajstić information content (AvgIpc) is 2.36. The van der Waals surface area contributed by atoms with E-state index in [2.05, 4.69) is 21.2 Å². The fraction of sp³-hybridized carbons (Fsp3) is 0.0714. The first-order valence-corrected chi connectivity index (χ1v) is 6.77. The molecular formula is C14H12BrClN2O. The van der Waals surface area contributed by atoms with Crippen LogP contribution in [-0.2, 0) is 0 Å². The van der Waals surface area contributed by atoms with E-state index in [4.69, 9.17) is 17.3 Å². The highest BCUT2D eigenvalue weighted by molar-refractivity contribution is 9.10. The van der Waals surface area contributed by atoms with E-state index in [0.29, 0.717) is 16.3 Å². The molecule has 3 N–H and O–H groups in total. The lowest BCUT2D eigenvalue weighted by atomic mass is 10.1. The van der Waals surface area contributed by atoms with Crippen molar-refractivity contribution in [3.63, 3.8) is 0 Å². The van der Waals surface area contributed by atoms with Gasteiger partial charge < -0.3 is 11.1 Å². The van der Waals surface area contributed by atoms with Crippen LogP contribution in [0, 0.1) is 6.92 Å². The summed E-state index contributed by atoms with van der Waals surface area (Å²) in [7, 11) is 0. The molecule has 5 heteroatoms. The smallest absolute Gasteiger partial charge is 0.257 e. The molecule has 0 fully saturated rings. The van der Waals surface area contributed by atoms with Gasteiger partial charge in [0.15, 0.2) is 0 Å². The summed E-state index contributed by atoms with van der Waals surface area (Å²) in [5.41, 5.74) is 8.23. The molecule has 1 amide bonds. The minimum absolute atomic E-state index is 0.282. The predicted molar refractivity (Wildman–Crippen MR) is 82.7 cm³/mol. The van der Waals surface area contributed by atoms with Gasteiger partial charge in [0.1, 0.15) is 0 Å². The zero-order valence-corrected chi connectivity index (χ0v) is 12.5. The van der Waals surface area contributed by atoms with Gasteiger partial charge in [-0.2, -0.15) is 0 Å². The number of anilines is 2. The maximum Gasteiger partial charge on any atom is 0.257 e. The topological polar surface area (TPSA) is 55.1 Å². The molecular weight excluding hydrogens is 328 g/mol. The highest BCUT2D eigenvalue weighted by Gasteiger charge is 2.13. The third-order valence-electron chi connectivity index (χ3n) is 2.67. The summed E-state index contributed by atoms with van der Waals surface area (Å²) in [5.74, 6) is -0.287. The predicted octanol–water partition coefficient (Wildman–Crippen LogP) is 4.25. The lowest BCUT2D eigenvalue weighted by Crippen LogP contribution is -2.14. The second-order valence-electron chi connectivity index (χ2n) is 4.14. The maximum atomic E-state index is 12.2. The summed E-state index contributed by atoms with van der Waals surface area (Å²) in [6.07, 6.45) is 0. The van der Waals surface area contributed by atoms with E-state index in [-0.39, 0.29) is 11.6 Å². The normalized spacial score (nSPS) is 10.3. The van der Waals surface area contributed by atoms with Gasteiger partial charge in [0.2, 0.25) is 0 Å². The molecule has 0 aliphatic heterocycles. The van der Waals surface area contributed by atoms with Crippen molar-refractivity contribution in [1.82, 2.24) is 0 Å². The van der Waals surface area contributed by atoms with Gasteiger partial charge in [-0.3, -0.25) is 4.79 Å². The first kappa shape index (κ1) is 13.9. The van der Waals surface area contributed by atoms with Crippen LogP contribution in [0.2, 0.25) is 5.02 Å². The Labute approximate surface area is 124 Å². The highest BCUT2D eigenvalue weighted by atomic mass is 79.9. The second kappa shape index (κ2) is 5.63. The fourth-order valence-corrected chi connectivity index (χ4v) is 2.41. The molecule has 0 aliphatic carbocycles. The average molecular weight is 340 g/mol. The molecule has 2 rings (SSSR count). The summed E-state index contributed by atoms with van der Waals surface area (Å²) < 4.78 is 0.821. The van der Waals surface area contributed by atoms with Crippen LogP contribution in [0.25, 0.3) is 0 Å². The standard InChI is InChI=1S/C14H12BrClN2O/c1-8-5-6-12(10(15)7-8)18-14(19)9-3-2-4-11(16)13(9)17/h2-7H,17H2,1H3,(H,18,19). The number of nitrogens with two attached hydrogens (primary N) is 1.